The zero-order chi connectivity index (χ0) is 18.7. The zero-order valence-electron chi connectivity index (χ0n) is 14.4. The minimum Gasteiger partial charge on any atom is -0.462 e. The molecule has 0 saturated heterocycles. The number of rotatable bonds is 5. The highest BCUT2D eigenvalue weighted by Gasteiger charge is 2.28. The zero-order valence-corrected chi connectivity index (χ0v) is 17.6. The standard InChI is InChI=1S/C17H18BrN3O3S2/c1-3-24-16(23)12-9-6-4-5-7-11(9)26-15(12)21-14(22)13-10(18)8-19-17(20-13)25-2/h8H,3-7H2,1-2H3,(H,21,22). The smallest absolute Gasteiger partial charge is 0.341 e. The number of anilines is 1. The molecule has 0 saturated carbocycles. The molecule has 2 aromatic heterocycles. The Hall–Kier alpha value is -1.45. The Bertz CT molecular complexity index is 854. The van der Waals surface area contributed by atoms with Gasteiger partial charge in [0.1, 0.15) is 10.7 Å². The van der Waals surface area contributed by atoms with Gasteiger partial charge in [-0.05, 0) is 60.4 Å². The average Bonchev–Trinajstić information content (AvgIpc) is 3.00. The number of esters is 1. The maximum atomic E-state index is 12.8. The van der Waals surface area contributed by atoms with Gasteiger partial charge in [0.05, 0.1) is 16.6 Å². The van der Waals surface area contributed by atoms with Crippen LogP contribution in [0.15, 0.2) is 15.8 Å². The normalized spacial score (nSPS) is 13.2. The summed E-state index contributed by atoms with van der Waals surface area (Å²) in [4.78, 5) is 34.8. The van der Waals surface area contributed by atoms with Crippen molar-refractivity contribution < 1.29 is 14.3 Å². The van der Waals surface area contributed by atoms with Crippen molar-refractivity contribution >= 4 is 55.9 Å². The Morgan fingerprint density at radius 3 is 2.88 bits per heavy atom. The number of hydrogen-bond acceptors (Lipinski definition) is 7. The lowest BCUT2D eigenvalue weighted by molar-refractivity contribution is 0.0526. The highest BCUT2D eigenvalue weighted by atomic mass is 79.9. The number of thiophene rings is 1. The summed E-state index contributed by atoms with van der Waals surface area (Å²) in [5.74, 6) is -0.757. The maximum Gasteiger partial charge on any atom is 0.341 e. The Morgan fingerprint density at radius 2 is 2.15 bits per heavy atom. The van der Waals surface area contributed by atoms with Gasteiger partial charge in [-0.1, -0.05) is 11.8 Å². The number of carbonyl (C=O) groups is 2. The number of halogens is 1. The van der Waals surface area contributed by atoms with Crippen LogP contribution in [0.5, 0.6) is 0 Å². The van der Waals surface area contributed by atoms with E-state index in [0.717, 1.165) is 36.1 Å². The van der Waals surface area contributed by atoms with Crippen LogP contribution in [-0.4, -0.2) is 34.7 Å². The van der Waals surface area contributed by atoms with E-state index in [1.165, 1.54) is 23.1 Å². The fourth-order valence-electron chi connectivity index (χ4n) is 2.84. The van der Waals surface area contributed by atoms with Gasteiger partial charge in [0.15, 0.2) is 5.16 Å². The Balaban J connectivity index is 1.95. The summed E-state index contributed by atoms with van der Waals surface area (Å²) in [6.45, 7) is 2.07. The molecule has 6 nitrogen and oxygen atoms in total. The largest absolute Gasteiger partial charge is 0.462 e. The minimum atomic E-state index is -0.381. The van der Waals surface area contributed by atoms with Crippen molar-refractivity contribution in [3.05, 3.63) is 32.4 Å². The summed E-state index contributed by atoms with van der Waals surface area (Å²) in [5, 5.41) is 3.91. The number of nitrogens with zero attached hydrogens (tertiary/aromatic N) is 2. The molecule has 1 aliphatic carbocycles. The quantitative estimate of drug-likeness (QED) is 0.410. The average molecular weight is 456 g/mol. The summed E-state index contributed by atoms with van der Waals surface area (Å²) >= 11 is 6.14. The van der Waals surface area contributed by atoms with Crippen molar-refractivity contribution in [3.8, 4) is 0 Å². The van der Waals surface area contributed by atoms with Crippen LogP contribution >= 0.6 is 39.0 Å². The topological polar surface area (TPSA) is 81.2 Å². The molecule has 0 bridgehead atoms. The Morgan fingerprint density at radius 1 is 1.38 bits per heavy atom. The molecule has 138 valence electrons. The van der Waals surface area contributed by atoms with Gasteiger partial charge >= 0.3 is 5.97 Å². The highest BCUT2D eigenvalue weighted by molar-refractivity contribution is 9.10. The number of fused-ring (bicyclic) bond motifs is 1. The minimum absolute atomic E-state index is 0.241. The molecule has 0 unspecified atom stereocenters. The molecule has 1 aliphatic rings. The number of nitrogens with one attached hydrogen (secondary N) is 1. The van der Waals surface area contributed by atoms with Gasteiger partial charge in [0.25, 0.3) is 5.91 Å². The van der Waals surface area contributed by atoms with Gasteiger partial charge in [-0.3, -0.25) is 4.79 Å². The molecule has 9 heteroatoms. The molecular weight excluding hydrogens is 438 g/mol. The lowest BCUT2D eigenvalue weighted by Gasteiger charge is -2.12. The van der Waals surface area contributed by atoms with E-state index in [0.29, 0.717) is 26.8 Å². The molecule has 0 fully saturated rings. The number of amides is 1. The molecule has 1 amide bonds. The van der Waals surface area contributed by atoms with E-state index < -0.39 is 0 Å². The van der Waals surface area contributed by atoms with Gasteiger partial charge in [-0.15, -0.1) is 11.3 Å². The molecule has 0 radical (unpaired) electrons. The monoisotopic (exact) mass is 455 g/mol. The Kier molecular flexibility index (Phi) is 6.31. The molecule has 1 N–H and O–H groups in total. The van der Waals surface area contributed by atoms with Crippen LogP contribution in [0.3, 0.4) is 0 Å². The van der Waals surface area contributed by atoms with Gasteiger partial charge in [0.2, 0.25) is 0 Å². The molecule has 2 heterocycles. The molecule has 2 aromatic rings. The van der Waals surface area contributed by atoms with E-state index in [2.05, 4.69) is 31.2 Å². The SMILES string of the molecule is CCOC(=O)c1c(NC(=O)c2nc(SC)ncc2Br)sc2c1CCCC2. The van der Waals surface area contributed by atoms with Crippen LogP contribution in [0.25, 0.3) is 0 Å². The summed E-state index contributed by atoms with van der Waals surface area (Å²) in [6, 6.07) is 0. The van der Waals surface area contributed by atoms with Crippen molar-refractivity contribution in [1.82, 2.24) is 9.97 Å². The van der Waals surface area contributed by atoms with Crippen molar-refractivity contribution in [2.75, 3.05) is 18.2 Å². The third-order valence-corrected chi connectivity index (χ3v) is 6.35. The number of aryl methyl sites for hydroxylation is 1. The second-order valence-corrected chi connectivity index (χ2v) is 8.38. The third kappa shape index (κ3) is 3.94. The molecule has 0 atom stereocenters. The first-order chi connectivity index (χ1) is 12.5. The summed E-state index contributed by atoms with van der Waals surface area (Å²) in [7, 11) is 0. The van der Waals surface area contributed by atoms with Gasteiger partial charge in [-0.2, -0.15) is 0 Å². The number of carbonyl (C=O) groups excluding carboxylic acids is 2. The van der Waals surface area contributed by atoms with Crippen molar-refractivity contribution in [1.29, 1.82) is 0 Å². The molecule has 0 aliphatic heterocycles. The van der Waals surface area contributed by atoms with Crippen LogP contribution < -0.4 is 5.32 Å². The lowest BCUT2D eigenvalue weighted by atomic mass is 9.95. The number of aromatic nitrogens is 2. The predicted octanol–water partition coefficient (Wildman–Crippen LogP) is 4.33. The second kappa shape index (κ2) is 8.49. The molecule has 3 rings (SSSR count). The van der Waals surface area contributed by atoms with Crippen molar-refractivity contribution in [2.45, 2.75) is 37.8 Å². The molecule has 0 aromatic carbocycles. The van der Waals surface area contributed by atoms with Gasteiger partial charge < -0.3 is 10.1 Å². The van der Waals surface area contributed by atoms with Crippen LogP contribution in [-0.2, 0) is 17.6 Å². The first-order valence-corrected chi connectivity index (χ1v) is 11.1. The second-order valence-electron chi connectivity index (χ2n) is 5.64. The fourth-order valence-corrected chi connectivity index (χ4v) is 4.83. The van der Waals surface area contributed by atoms with Gasteiger partial charge in [-0.25, -0.2) is 14.8 Å². The fraction of sp³-hybridized carbons (Fsp3) is 0.412. The maximum absolute atomic E-state index is 12.8. The summed E-state index contributed by atoms with van der Waals surface area (Å²) in [5.41, 5.74) is 1.75. The first-order valence-electron chi connectivity index (χ1n) is 8.24. The van der Waals surface area contributed by atoms with E-state index in [9.17, 15) is 9.59 Å². The first kappa shape index (κ1) is 19.3. The van der Waals surface area contributed by atoms with E-state index in [-0.39, 0.29) is 17.6 Å². The van der Waals surface area contributed by atoms with E-state index in [1.807, 2.05) is 6.26 Å². The van der Waals surface area contributed by atoms with Crippen molar-refractivity contribution in [3.63, 3.8) is 0 Å². The number of thioether (sulfide) groups is 1. The van der Waals surface area contributed by atoms with Crippen LogP contribution in [0, 0.1) is 0 Å². The van der Waals surface area contributed by atoms with Crippen LogP contribution in [0.1, 0.15) is 51.1 Å². The molecular formula is C17H18BrN3O3S2. The summed E-state index contributed by atoms with van der Waals surface area (Å²) < 4.78 is 5.73. The molecule has 0 spiro atoms. The number of ether oxygens (including phenoxy) is 1. The van der Waals surface area contributed by atoms with E-state index in [4.69, 9.17) is 4.74 Å². The highest BCUT2D eigenvalue weighted by Crippen LogP contribution is 2.39. The molecule has 26 heavy (non-hydrogen) atoms. The predicted molar refractivity (Wildman–Crippen MR) is 106 cm³/mol. The summed E-state index contributed by atoms with van der Waals surface area (Å²) in [6.07, 6.45) is 7.30. The lowest BCUT2D eigenvalue weighted by Crippen LogP contribution is -2.17. The van der Waals surface area contributed by atoms with Crippen LogP contribution in [0.2, 0.25) is 0 Å². The Labute approximate surface area is 168 Å². The van der Waals surface area contributed by atoms with Crippen molar-refractivity contribution in [2.24, 2.45) is 0 Å². The van der Waals surface area contributed by atoms with E-state index >= 15 is 0 Å². The third-order valence-electron chi connectivity index (χ3n) is 4.00. The van der Waals surface area contributed by atoms with Gasteiger partial charge in [0, 0.05) is 11.1 Å². The number of hydrogen-bond donors (Lipinski definition) is 1. The van der Waals surface area contributed by atoms with Crippen LogP contribution in [0.4, 0.5) is 5.00 Å². The van der Waals surface area contributed by atoms with E-state index in [1.54, 1.807) is 13.1 Å².